The van der Waals surface area contributed by atoms with Gasteiger partial charge in [-0.15, -0.1) is 0 Å². The molecule has 10 heteroatoms. The molecule has 0 unspecified atom stereocenters. The monoisotopic (exact) mass is 590 g/mol. The average Bonchev–Trinajstić information content (AvgIpc) is 2.95. The number of hydrogen-bond acceptors (Lipinski definition) is 4. The van der Waals surface area contributed by atoms with Crippen LogP contribution in [0.1, 0.15) is 43.0 Å². The molecule has 4 aromatic rings. The minimum atomic E-state index is -4.46. The van der Waals surface area contributed by atoms with Crippen molar-refractivity contribution in [2.24, 2.45) is 0 Å². The van der Waals surface area contributed by atoms with Crippen molar-refractivity contribution >= 4 is 17.8 Å². The minimum absolute atomic E-state index is 0.231. The van der Waals surface area contributed by atoms with Gasteiger partial charge in [0.1, 0.15) is 5.60 Å². The number of anilines is 1. The van der Waals surface area contributed by atoms with E-state index in [2.05, 4.69) is 15.6 Å². The lowest BCUT2D eigenvalue weighted by Crippen LogP contribution is -2.34. The van der Waals surface area contributed by atoms with Crippen LogP contribution < -0.4 is 10.6 Å². The predicted molar refractivity (Wildman–Crippen MR) is 159 cm³/mol. The Morgan fingerprint density at radius 2 is 1.42 bits per heavy atom. The second kappa shape index (κ2) is 13.4. The maximum Gasteiger partial charge on any atom is 0.416 e. The topological polar surface area (TPSA) is 83.6 Å². The summed E-state index contributed by atoms with van der Waals surface area (Å²) in [6, 6.07) is 22.9. The Labute approximate surface area is 248 Å². The maximum absolute atomic E-state index is 13.3. The molecule has 7 nitrogen and oxygen atoms in total. The van der Waals surface area contributed by atoms with Crippen molar-refractivity contribution in [1.82, 2.24) is 15.2 Å². The molecule has 0 aliphatic carbocycles. The highest BCUT2D eigenvalue weighted by molar-refractivity contribution is 5.89. The molecule has 0 aliphatic heterocycles. The molecule has 43 heavy (non-hydrogen) atoms. The third-order valence-corrected chi connectivity index (χ3v) is 6.24. The van der Waals surface area contributed by atoms with Gasteiger partial charge in [-0.05, 0) is 91.1 Å². The zero-order valence-electron chi connectivity index (χ0n) is 24.1. The molecule has 0 spiro atoms. The summed E-state index contributed by atoms with van der Waals surface area (Å²) >= 11 is 0. The largest absolute Gasteiger partial charge is 0.444 e. The van der Waals surface area contributed by atoms with Crippen molar-refractivity contribution in [3.63, 3.8) is 0 Å². The molecule has 0 fully saturated rings. The van der Waals surface area contributed by atoms with E-state index in [1.165, 1.54) is 12.1 Å². The molecule has 1 aromatic heterocycles. The Hall–Kier alpha value is -4.86. The van der Waals surface area contributed by atoms with Gasteiger partial charge >= 0.3 is 18.3 Å². The average molecular weight is 591 g/mol. The first-order chi connectivity index (χ1) is 20.4. The number of hydrogen-bond donors (Lipinski definition) is 2. The molecule has 0 saturated heterocycles. The molecule has 0 atom stereocenters. The van der Waals surface area contributed by atoms with Crippen LogP contribution in [0.25, 0.3) is 11.1 Å². The molecule has 1 heterocycles. The van der Waals surface area contributed by atoms with E-state index < -0.39 is 29.5 Å². The summed E-state index contributed by atoms with van der Waals surface area (Å²) in [6.07, 6.45) is -1.67. The van der Waals surface area contributed by atoms with Crippen LogP contribution in [0.3, 0.4) is 0 Å². The standard InChI is InChI=1S/C33H33F3N4O3/c1-32(2,3)43-31(42)38-20-23-7-4-10-26(17-23)27-11-5-8-24(18-27)21-40(22-25-9-6-16-37-19-25)30(41)39-29-14-12-28(13-15-29)33(34,35)36/h4-19H,20-22H2,1-3H3,(H,38,42)(H,39,41). The molecule has 0 bridgehead atoms. The number of pyridine rings is 1. The minimum Gasteiger partial charge on any atom is -0.444 e. The van der Waals surface area contributed by atoms with Gasteiger partial charge in [-0.3, -0.25) is 4.98 Å². The number of aromatic nitrogens is 1. The van der Waals surface area contributed by atoms with Gasteiger partial charge in [-0.25, -0.2) is 9.59 Å². The predicted octanol–water partition coefficient (Wildman–Crippen LogP) is 8.03. The number of ether oxygens (including phenoxy) is 1. The summed E-state index contributed by atoms with van der Waals surface area (Å²) in [5, 5.41) is 5.47. The van der Waals surface area contributed by atoms with Crippen LogP contribution in [0.15, 0.2) is 97.3 Å². The lowest BCUT2D eigenvalue weighted by Gasteiger charge is -2.24. The van der Waals surface area contributed by atoms with E-state index in [1.54, 1.807) is 44.1 Å². The van der Waals surface area contributed by atoms with Crippen LogP contribution in [0, 0.1) is 0 Å². The second-order valence-electron chi connectivity index (χ2n) is 11.0. The van der Waals surface area contributed by atoms with Gasteiger partial charge in [0.15, 0.2) is 0 Å². The lowest BCUT2D eigenvalue weighted by atomic mass is 10.0. The van der Waals surface area contributed by atoms with Crippen LogP contribution >= 0.6 is 0 Å². The van der Waals surface area contributed by atoms with Gasteiger partial charge in [0.2, 0.25) is 0 Å². The molecule has 224 valence electrons. The van der Waals surface area contributed by atoms with E-state index in [9.17, 15) is 22.8 Å². The normalized spacial score (nSPS) is 11.5. The summed E-state index contributed by atoms with van der Waals surface area (Å²) < 4.78 is 44.2. The van der Waals surface area contributed by atoms with Gasteiger partial charge in [-0.1, -0.05) is 42.5 Å². The molecule has 4 rings (SSSR count). The van der Waals surface area contributed by atoms with E-state index in [1.807, 2.05) is 54.6 Å². The Balaban J connectivity index is 1.50. The van der Waals surface area contributed by atoms with Crippen LogP contribution in [0.2, 0.25) is 0 Å². The molecule has 0 saturated carbocycles. The number of amides is 3. The SMILES string of the molecule is CC(C)(C)OC(=O)NCc1cccc(-c2cccc(CN(Cc3cccnc3)C(=O)Nc3ccc(C(F)(F)F)cc3)c2)c1. The highest BCUT2D eigenvalue weighted by Crippen LogP contribution is 2.30. The maximum atomic E-state index is 13.3. The Morgan fingerprint density at radius 3 is 2.02 bits per heavy atom. The van der Waals surface area contributed by atoms with Gasteiger partial charge < -0.3 is 20.3 Å². The summed E-state index contributed by atoms with van der Waals surface area (Å²) in [6.45, 7) is 6.17. The van der Waals surface area contributed by atoms with Gasteiger partial charge in [0.25, 0.3) is 0 Å². The van der Waals surface area contributed by atoms with Crippen LogP contribution in [-0.4, -0.2) is 27.6 Å². The van der Waals surface area contributed by atoms with E-state index in [0.717, 1.165) is 39.9 Å². The van der Waals surface area contributed by atoms with Crippen molar-refractivity contribution < 1.29 is 27.5 Å². The van der Waals surface area contributed by atoms with Gasteiger partial charge in [-0.2, -0.15) is 13.2 Å². The number of halogens is 3. The van der Waals surface area contributed by atoms with Crippen molar-refractivity contribution in [3.05, 3.63) is 120 Å². The lowest BCUT2D eigenvalue weighted by molar-refractivity contribution is -0.137. The number of nitrogens with zero attached hydrogens (tertiary/aromatic N) is 2. The number of alkyl halides is 3. The third kappa shape index (κ3) is 9.59. The molecule has 2 N–H and O–H groups in total. The van der Waals surface area contributed by atoms with Crippen molar-refractivity contribution in [2.75, 3.05) is 5.32 Å². The number of alkyl carbamates (subject to hydrolysis) is 1. The fraction of sp³-hybridized carbons (Fsp3) is 0.242. The molecule has 3 aromatic carbocycles. The van der Waals surface area contributed by atoms with Crippen molar-refractivity contribution in [1.29, 1.82) is 0 Å². The quantitative estimate of drug-likeness (QED) is 0.218. The molecular formula is C33H33F3N4O3. The van der Waals surface area contributed by atoms with Gasteiger partial charge in [0, 0.05) is 37.7 Å². The summed E-state index contributed by atoms with van der Waals surface area (Å²) in [7, 11) is 0. The molecule has 3 amide bonds. The number of urea groups is 1. The van der Waals surface area contributed by atoms with E-state index in [0.29, 0.717) is 6.54 Å². The van der Waals surface area contributed by atoms with Gasteiger partial charge in [0.05, 0.1) is 5.56 Å². The van der Waals surface area contributed by atoms with Crippen LogP contribution in [-0.2, 0) is 30.5 Å². The van der Waals surface area contributed by atoms with Crippen LogP contribution in [0.5, 0.6) is 0 Å². The van der Waals surface area contributed by atoms with Crippen molar-refractivity contribution in [2.45, 2.75) is 52.2 Å². The van der Waals surface area contributed by atoms with E-state index in [4.69, 9.17) is 4.74 Å². The number of carbonyl (C=O) groups is 2. The molecular weight excluding hydrogens is 557 g/mol. The fourth-order valence-corrected chi connectivity index (χ4v) is 4.28. The Morgan fingerprint density at radius 1 is 0.814 bits per heavy atom. The first kappa shape index (κ1) is 31.1. The zero-order chi connectivity index (χ0) is 31.0. The van der Waals surface area contributed by atoms with E-state index in [-0.39, 0.29) is 18.8 Å². The third-order valence-electron chi connectivity index (χ3n) is 6.24. The first-order valence-electron chi connectivity index (χ1n) is 13.6. The first-order valence-corrected chi connectivity index (χ1v) is 13.6. The summed E-state index contributed by atoms with van der Waals surface area (Å²) in [4.78, 5) is 31.1. The highest BCUT2D eigenvalue weighted by atomic mass is 19.4. The number of nitrogens with one attached hydrogen (secondary N) is 2. The summed E-state index contributed by atoms with van der Waals surface area (Å²) in [5.74, 6) is 0. The fourth-order valence-electron chi connectivity index (χ4n) is 4.28. The zero-order valence-corrected chi connectivity index (χ0v) is 24.1. The van der Waals surface area contributed by atoms with Crippen LogP contribution in [0.4, 0.5) is 28.4 Å². The number of benzene rings is 3. The summed E-state index contributed by atoms with van der Waals surface area (Å²) in [5.41, 5.74) is 3.25. The number of carbonyl (C=O) groups excluding carboxylic acids is 2. The molecule has 0 aliphatic rings. The second-order valence-corrected chi connectivity index (χ2v) is 11.0. The Bertz CT molecular complexity index is 1540. The van der Waals surface area contributed by atoms with E-state index >= 15 is 0 Å². The highest BCUT2D eigenvalue weighted by Gasteiger charge is 2.30. The smallest absolute Gasteiger partial charge is 0.416 e. The molecule has 0 radical (unpaired) electrons. The number of rotatable bonds is 8. The van der Waals surface area contributed by atoms with Crippen molar-refractivity contribution in [3.8, 4) is 11.1 Å². The Kier molecular flexibility index (Phi) is 9.70.